The van der Waals surface area contributed by atoms with Crippen molar-refractivity contribution in [2.75, 3.05) is 0 Å². The van der Waals surface area contributed by atoms with Gasteiger partial charge in [-0.25, -0.2) is 4.98 Å². The van der Waals surface area contributed by atoms with Crippen molar-refractivity contribution in [1.29, 1.82) is 0 Å². The van der Waals surface area contributed by atoms with Crippen molar-refractivity contribution in [2.45, 2.75) is 46.1 Å². The van der Waals surface area contributed by atoms with E-state index >= 15 is 0 Å². The van der Waals surface area contributed by atoms with Gasteiger partial charge in [0.2, 0.25) is 0 Å². The Kier molecular flexibility index (Phi) is 3.32. The molecule has 0 bridgehead atoms. The Hall–Kier alpha value is -0.790. The van der Waals surface area contributed by atoms with Gasteiger partial charge in [0.15, 0.2) is 0 Å². The van der Waals surface area contributed by atoms with Gasteiger partial charge < -0.3 is 4.57 Å². The van der Waals surface area contributed by atoms with Crippen LogP contribution in [0, 0.1) is 6.92 Å². The van der Waals surface area contributed by atoms with Gasteiger partial charge in [0.1, 0.15) is 0 Å². The molecule has 0 radical (unpaired) electrons. The molecule has 0 fully saturated rings. The topological polar surface area (TPSA) is 17.8 Å². The number of hydrogen-bond donors (Lipinski definition) is 0. The van der Waals surface area contributed by atoms with Crippen LogP contribution in [0.4, 0.5) is 0 Å². The maximum Gasteiger partial charge on any atom is 0.0950 e. The molecule has 0 saturated carbocycles. The van der Waals surface area contributed by atoms with E-state index < -0.39 is 0 Å². The van der Waals surface area contributed by atoms with Gasteiger partial charge in [-0.1, -0.05) is 20.3 Å². The van der Waals surface area contributed by atoms with Crippen molar-refractivity contribution < 1.29 is 0 Å². The summed E-state index contributed by atoms with van der Waals surface area (Å²) in [6.07, 6.45) is 7.58. The summed E-state index contributed by atoms with van der Waals surface area (Å²) in [4.78, 5) is 4.14. The highest BCUT2D eigenvalue weighted by molar-refractivity contribution is 4.96. The van der Waals surface area contributed by atoms with Crippen LogP contribution in [0.1, 0.15) is 44.8 Å². The molecule has 2 heteroatoms. The molecule has 1 atom stereocenters. The van der Waals surface area contributed by atoms with Gasteiger partial charge in [-0.05, 0) is 19.8 Å². The van der Waals surface area contributed by atoms with Gasteiger partial charge in [0.25, 0.3) is 0 Å². The number of rotatable bonds is 4. The lowest BCUT2D eigenvalue weighted by atomic mass is 10.1. The third-order valence-electron chi connectivity index (χ3n) is 2.35. The predicted molar refractivity (Wildman–Crippen MR) is 51.2 cm³/mol. The molecule has 1 aromatic heterocycles. The molecule has 0 saturated heterocycles. The van der Waals surface area contributed by atoms with E-state index in [1.807, 2.05) is 12.5 Å². The lowest BCUT2D eigenvalue weighted by molar-refractivity contribution is 0.440. The second-order valence-corrected chi connectivity index (χ2v) is 3.29. The molecule has 0 aliphatic heterocycles. The second-order valence-electron chi connectivity index (χ2n) is 3.29. The molecular weight excluding hydrogens is 148 g/mol. The molecule has 0 amide bonds. The first-order valence-corrected chi connectivity index (χ1v) is 4.78. The average Bonchev–Trinajstić information content (AvgIpc) is 2.47. The van der Waals surface area contributed by atoms with Crippen LogP contribution in [0.15, 0.2) is 12.5 Å². The smallest absolute Gasteiger partial charge is 0.0950 e. The number of hydrogen-bond acceptors (Lipinski definition) is 1. The Morgan fingerprint density at radius 2 is 2.25 bits per heavy atom. The average molecular weight is 166 g/mol. The van der Waals surface area contributed by atoms with Crippen LogP contribution in [-0.2, 0) is 0 Å². The van der Waals surface area contributed by atoms with E-state index in [1.165, 1.54) is 25.0 Å². The monoisotopic (exact) mass is 166 g/mol. The summed E-state index contributed by atoms with van der Waals surface area (Å²) in [5, 5.41) is 0. The molecule has 0 N–H and O–H groups in total. The molecule has 12 heavy (non-hydrogen) atoms. The van der Waals surface area contributed by atoms with Crippen molar-refractivity contribution in [2.24, 2.45) is 0 Å². The van der Waals surface area contributed by atoms with Crippen molar-refractivity contribution in [3.8, 4) is 0 Å². The van der Waals surface area contributed by atoms with Crippen molar-refractivity contribution in [1.82, 2.24) is 9.55 Å². The highest BCUT2D eigenvalue weighted by Crippen LogP contribution is 2.18. The molecule has 68 valence electrons. The Balaban J connectivity index is 2.72. The van der Waals surface area contributed by atoms with E-state index in [1.54, 1.807) is 0 Å². The summed E-state index contributed by atoms with van der Waals surface area (Å²) >= 11 is 0. The van der Waals surface area contributed by atoms with Crippen LogP contribution in [0.2, 0.25) is 0 Å². The highest BCUT2D eigenvalue weighted by atomic mass is 15.1. The van der Waals surface area contributed by atoms with E-state index in [2.05, 4.69) is 30.3 Å². The molecule has 1 heterocycles. The quantitative estimate of drug-likeness (QED) is 0.672. The van der Waals surface area contributed by atoms with Crippen LogP contribution in [-0.4, -0.2) is 9.55 Å². The zero-order valence-electron chi connectivity index (χ0n) is 8.25. The zero-order valence-corrected chi connectivity index (χ0v) is 8.25. The summed E-state index contributed by atoms with van der Waals surface area (Å²) < 4.78 is 2.28. The standard InChI is InChI=1S/C10H18N2/c1-4-6-10(5-2)12-8-11-7-9(12)3/h7-8,10H,4-6H2,1-3H3. The van der Waals surface area contributed by atoms with Crippen LogP contribution in [0.5, 0.6) is 0 Å². The summed E-state index contributed by atoms with van der Waals surface area (Å²) in [6, 6.07) is 0.650. The van der Waals surface area contributed by atoms with E-state index in [0.29, 0.717) is 6.04 Å². The minimum absolute atomic E-state index is 0.650. The number of aromatic nitrogens is 2. The van der Waals surface area contributed by atoms with Gasteiger partial charge in [-0.15, -0.1) is 0 Å². The molecule has 0 aromatic carbocycles. The van der Waals surface area contributed by atoms with Crippen LogP contribution in [0.3, 0.4) is 0 Å². The second kappa shape index (κ2) is 4.29. The van der Waals surface area contributed by atoms with Gasteiger partial charge in [-0.3, -0.25) is 0 Å². The summed E-state index contributed by atoms with van der Waals surface area (Å²) in [5.74, 6) is 0. The largest absolute Gasteiger partial charge is 0.332 e. The first kappa shape index (κ1) is 9.30. The Bertz CT molecular complexity index is 227. The maximum absolute atomic E-state index is 4.14. The number of aryl methyl sites for hydroxylation is 1. The fourth-order valence-corrected chi connectivity index (χ4v) is 1.63. The van der Waals surface area contributed by atoms with Crippen molar-refractivity contribution >= 4 is 0 Å². The molecule has 0 spiro atoms. The third kappa shape index (κ3) is 1.87. The lowest BCUT2D eigenvalue weighted by Crippen LogP contribution is -2.07. The number of nitrogens with zero attached hydrogens (tertiary/aromatic N) is 2. The summed E-state index contributed by atoms with van der Waals surface area (Å²) in [5.41, 5.74) is 1.27. The van der Waals surface area contributed by atoms with Crippen LogP contribution in [0.25, 0.3) is 0 Å². The summed E-state index contributed by atoms with van der Waals surface area (Å²) in [7, 11) is 0. The fourth-order valence-electron chi connectivity index (χ4n) is 1.63. The minimum atomic E-state index is 0.650. The van der Waals surface area contributed by atoms with E-state index in [0.717, 1.165) is 0 Å². The van der Waals surface area contributed by atoms with E-state index in [4.69, 9.17) is 0 Å². The van der Waals surface area contributed by atoms with Crippen molar-refractivity contribution in [3.63, 3.8) is 0 Å². The van der Waals surface area contributed by atoms with E-state index in [9.17, 15) is 0 Å². The van der Waals surface area contributed by atoms with Gasteiger partial charge in [-0.2, -0.15) is 0 Å². The predicted octanol–water partition coefficient (Wildman–Crippen LogP) is 2.94. The molecular formula is C10H18N2. The maximum atomic E-state index is 4.14. The molecule has 0 aliphatic carbocycles. The van der Waals surface area contributed by atoms with Crippen molar-refractivity contribution in [3.05, 3.63) is 18.2 Å². The lowest BCUT2D eigenvalue weighted by Gasteiger charge is -2.17. The first-order valence-electron chi connectivity index (χ1n) is 4.78. The van der Waals surface area contributed by atoms with Crippen LogP contribution >= 0.6 is 0 Å². The normalized spacial score (nSPS) is 13.2. The highest BCUT2D eigenvalue weighted by Gasteiger charge is 2.08. The molecule has 1 rings (SSSR count). The fraction of sp³-hybridized carbons (Fsp3) is 0.700. The minimum Gasteiger partial charge on any atom is -0.332 e. The molecule has 1 aromatic rings. The number of imidazole rings is 1. The zero-order chi connectivity index (χ0) is 8.97. The van der Waals surface area contributed by atoms with Gasteiger partial charge >= 0.3 is 0 Å². The Morgan fingerprint density at radius 1 is 1.50 bits per heavy atom. The summed E-state index contributed by atoms with van der Waals surface area (Å²) in [6.45, 7) is 6.58. The Labute approximate surface area is 74.6 Å². The molecule has 0 aliphatic rings. The molecule has 2 nitrogen and oxygen atoms in total. The first-order chi connectivity index (χ1) is 5.79. The van der Waals surface area contributed by atoms with Gasteiger partial charge in [0.05, 0.1) is 6.33 Å². The van der Waals surface area contributed by atoms with Crippen LogP contribution < -0.4 is 0 Å². The third-order valence-corrected chi connectivity index (χ3v) is 2.35. The van der Waals surface area contributed by atoms with Gasteiger partial charge in [0, 0.05) is 17.9 Å². The Morgan fingerprint density at radius 3 is 2.67 bits per heavy atom. The molecule has 1 unspecified atom stereocenters. The SMILES string of the molecule is CCCC(CC)n1cncc1C. The van der Waals surface area contributed by atoms with E-state index in [-0.39, 0.29) is 0 Å².